The van der Waals surface area contributed by atoms with E-state index in [2.05, 4.69) is 38.9 Å². The van der Waals surface area contributed by atoms with Crippen LogP contribution in [0.15, 0.2) is 43.1 Å². The smallest absolute Gasteiger partial charge is 0.160 e. The number of nitrogens with one attached hydrogen (secondary N) is 1. The zero-order chi connectivity index (χ0) is 23.8. The van der Waals surface area contributed by atoms with E-state index in [4.69, 9.17) is 0 Å². The van der Waals surface area contributed by atoms with Crippen LogP contribution in [0.5, 0.6) is 0 Å². The Morgan fingerprint density at radius 3 is 2.45 bits per heavy atom. The Labute approximate surface area is 198 Å². The Morgan fingerprint density at radius 2 is 1.82 bits per heavy atom. The summed E-state index contributed by atoms with van der Waals surface area (Å²) < 4.78 is 13.3. The molecule has 178 valence electrons. The molecule has 0 radical (unpaired) electrons. The van der Waals surface area contributed by atoms with Crippen molar-refractivity contribution < 1.29 is 4.39 Å². The van der Waals surface area contributed by atoms with Gasteiger partial charge >= 0.3 is 0 Å². The molecule has 5 nitrogen and oxygen atoms in total. The molecule has 3 heterocycles. The maximum absolute atomic E-state index is 13.3. The fourth-order valence-electron chi connectivity index (χ4n) is 4.65. The van der Waals surface area contributed by atoms with Crippen LogP contribution in [0.1, 0.15) is 49.3 Å². The lowest BCUT2D eigenvalue weighted by molar-refractivity contribution is 0.143. The van der Waals surface area contributed by atoms with Gasteiger partial charge in [0.2, 0.25) is 0 Å². The van der Waals surface area contributed by atoms with Crippen LogP contribution in [0.2, 0.25) is 0 Å². The summed E-state index contributed by atoms with van der Waals surface area (Å²) in [4.78, 5) is 5.15. The molecule has 0 spiro atoms. The Kier molecular flexibility index (Phi) is 9.15. The Morgan fingerprint density at radius 1 is 1.12 bits per heavy atom. The van der Waals surface area contributed by atoms with Crippen molar-refractivity contribution in [1.82, 2.24) is 20.0 Å². The molecule has 2 fully saturated rings. The summed E-state index contributed by atoms with van der Waals surface area (Å²) in [5.41, 5.74) is 4.40. The minimum atomic E-state index is -0.223. The standard InChI is InChI=1S/C17H18FN3.C10H20N2/c1-5-6-11(2)16-13(4)10-19-21-17(16)20-14-7-8-15(18)12(3)9-14;1-11-8-4-10(5-9-11)12-6-2-3-7-12/h5-10H,1H2,2-4H3,(H,20,21);10H,2-9H2,1H3/b11-6+;. The summed E-state index contributed by atoms with van der Waals surface area (Å²) in [5.74, 6) is 0.426. The van der Waals surface area contributed by atoms with Crippen LogP contribution in [0.4, 0.5) is 15.9 Å². The number of nitrogens with zero attached hydrogens (tertiary/aromatic N) is 4. The van der Waals surface area contributed by atoms with E-state index >= 15 is 0 Å². The van der Waals surface area contributed by atoms with Gasteiger partial charge in [0, 0.05) is 17.3 Å². The fourth-order valence-corrected chi connectivity index (χ4v) is 4.65. The van der Waals surface area contributed by atoms with Crippen LogP contribution >= 0.6 is 0 Å². The summed E-state index contributed by atoms with van der Waals surface area (Å²) in [6.07, 6.45) is 11.1. The Balaban J connectivity index is 0.000000215. The van der Waals surface area contributed by atoms with Crippen molar-refractivity contribution in [3.8, 4) is 0 Å². The molecule has 2 aromatic rings. The number of anilines is 2. The second-order valence-corrected chi connectivity index (χ2v) is 9.20. The lowest BCUT2D eigenvalue weighted by Crippen LogP contribution is -2.42. The predicted molar refractivity (Wildman–Crippen MR) is 136 cm³/mol. The van der Waals surface area contributed by atoms with E-state index in [0.717, 1.165) is 28.4 Å². The minimum Gasteiger partial charge on any atom is -0.338 e. The van der Waals surface area contributed by atoms with E-state index in [9.17, 15) is 4.39 Å². The predicted octanol–water partition coefficient (Wildman–Crippen LogP) is 5.74. The van der Waals surface area contributed by atoms with Gasteiger partial charge in [-0.25, -0.2) is 4.39 Å². The number of likely N-dealkylation sites (tertiary alicyclic amines) is 2. The van der Waals surface area contributed by atoms with Crippen LogP contribution in [-0.4, -0.2) is 59.3 Å². The van der Waals surface area contributed by atoms with Gasteiger partial charge in [0.05, 0.1) is 6.20 Å². The van der Waals surface area contributed by atoms with E-state index in [1.54, 1.807) is 31.3 Å². The number of allylic oxidation sites excluding steroid dienone is 3. The number of piperidine rings is 1. The molecule has 0 saturated carbocycles. The van der Waals surface area contributed by atoms with Gasteiger partial charge in [-0.05, 0) is 115 Å². The summed E-state index contributed by atoms with van der Waals surface area (Å²) >= 11 is 0. The zero-order valence-corrected chi connectivity index (χ0v) is 20.6. The van der Waals surface area contributed by atoms with Gasteiger partial charge in [0.1, 0.15) is 5.82 Å². The molecule has 0 amide bonds. The van der Waals surface area contributed by atoms with Gasteiger partial charge in [0.15, 0.2) is 5.82 Å². The highest BCUT2D eigenvalue weighted by Gasteiger charge is 2.24. The molecule has 1 aromatic heterocycles. The first-order valence-electron chi connectivity index (χ1n) is 12.0. The summed E-state index contributed by atoms with van der Waals surface area (Å²) in [5, 5.41) is 11.3. The third-order valence-electron chi connectivity index (χ3n) is 6.57. The molecule has 4 rings (SSSR count). The van der Waals surface area contributed by atoms with Crippen molar-refractivity contribution in [3.63, 3.8) is 0 Å². The SMILES string of the molecule is C=C/C=C(\C)c1c(C)cnnc1Nc1ccc(F)c(C)c1.CN1CCC(N2CCCC2)CC1. The van der Waals surface area contributed by atoms with Gasteiger partial charge in [-0.1, -0.05) is 18.7 Å². The second-order valence-electron chi connectivity index (χ2n) is 9.20. The van der Waals surface area contributed by atoms with Crippen molar-refractivity contribution in [2.45, 2.75) is 52.5 Å². The van der Waals surface area contributed by atoms with Crippen molar-refractivity contribution in [2.75, 3.05) is 38.5 Å². The number of benzene rings is 1. The monoisotopic (exact) mass is 451 g/mol. The molecular formula is C27H38FN5. The van der Waals surface area contributed by atoms with Crippen LogP contribution in [0.3, 0.4) is 0 Å². The molecule has 1 N–H and O–H groups in total. The molecule has 2 aliphatic rings. The maximum Gasteiger partial charge on any atom is 0.160 e. The largest absolute Gasteiger partial charge is 0.338 e. The van der Waals surface area contributed by atoms with E-state index in [0.29, 0.717) is 11.4 Å². The molecule has 6 heteroatoms. The highest BCUT2D eigenvalue weighted by atomic mass is 19.1. The number of aromatic nitrogens is 2. The number of rotatable bonds is 5. The maximum atomic E-state index is 13.3. The molecule has 0 unspecified atom stereocenters. The van der Waals surface area contributed by atoms with E-state index in [1.807, 2.05) is 19.9 Å². The first-order chi connectivity index (χ1) is 15.9. The molecule has 2 saturated heterocycles. The van der Waals surface area contributed by atoms with Crippen molar-refractivity contribution in [3.05, 3.63) is 65.6 Å². The molecular weight excluding hydrogens is 413 g/mol. The van der Waals surface area contributed by atoms with Crippen molar-refractivity contribution >= 4 is 17.1 Å². The van der Waals surface area contributed by atoms with Crippen LogP contribution in [0.25, 0.3) is 5.57 Å². The van der Waals surface area contributed by atoms with E-state index in [1.165, 1.54) is 57.9 Å². The third-order valence-corrected chi connectivity index (χ3v) is 6.57. The number of hydrogen-bond acceptors (Lipinski definition) is 5. The van der Waals surface area contributed by atoms with Crippen LogP contribution < -0.4 is 5.32 Å². The average molecular weight is 452 g/mol. The topological polar surface area (TPSA) is 44.3 Å². The number of hydrogen-bond donors (Lipinski definition) is 1. The number of halogens is 1. The molecule has 2 aliphatic heterocycles. The highest BCUT2D eigenvalue weighted by molar-refractivity contribution is 5.78. The van der Waals surface area contributed by atoms with Crippen LogP contribution in [0, 0.1) is 19.7 Å². The zero-order valence-electron chi connectivity index (χ0n) is 20.6. The summed E-state index contributed by atoms with van der Waals surface area (Å²) in [7, 11) is 2.24. The van der Waals surface area contributed by atoms with Gasteiger partial charge in [-0.3, -0.25) is 0 Å². The molecule has 33 heavy (non-hydrogen) atoms. The quantitative estimate of drug-likeness (QED) is 0.587. The lowest BCUT2D eigenvalue weighted by atomic mass is 10.0. The van der Waals surface area contributed by atoms with Gasteiger partial charge in [-0.15, -0.1) is 5.10 Å². The van der Waals surface area contributed by atoms with Gasteiger partial charge in [-0.2, -0.15) is 5.10 Å². The average Bonchev–Trinajstić information content (AvgIpc) is 3.32. The van der Waals surface area contributed by atoms with E-state index in [-0.39, 0.29) is 5.82 Å². The van der Waals surface area contributed by atoms with Crippen molar-refractivity contribution in [2.24, 2.45) is 0 Å². The first-order valence-corrected chi connectivity index (χ1v) is 12.0. The second kappa shape index (κ2) is 12.1. The first kappa shape index (κ1) is 25.1. The molecule has 0 aliphatic carbocycles. The summed E-state index contributed by atoms with van der Waals surface area (Å²) in [6.45, 7) is 14.8. The third kappa shape index (κ3) is 6.95. The number of aryl methyl sites for hydroxylation is 2. The van der Waals surface area contributed by atoms with Gasteiger partial charge < -0.3 is 15.1 Å². The fraction of sp³-hybridized carbons (Fsp3) is 0.481. The Bertz CT molecular complexity index is 957. The highest BCUT2D eigenvalue weighted by Crippen LogP contribution is 2.27. The van der Waals surface area contributed by atoms with Gasteiger partial charge in [0.25, 0.3) is 0 Å². The Hall–Kier alpha value is -2.57. The normalized spacial score (nSPS) is 18.0. The molecule has 0 atom stereocenters. The summed E-state index contributed by atoms with van der Waals surface area (Å²) in [6, 6.07) is 5.79. The molecule has 1 aromatic carbocycles. The minimum absolute atomic E-state index is 0.223. The van der Waals surface area contributed by atoms with Crippen molar-refractivity contribution in [1.29, 1.82) is 0 Å². The van der Waals surface area contributed by atoms with Crippen LogP contribution in [-0.2, 0) is 0 Å². The lowest BCUT2D eigenvalue weighted by Gasteiger charge is -2.34. The van der Waals surface area contributed by atoms with E-state index < -0.39 is 0 Å². The molecule has 0 bridgehead atoms.